The Hall–Kier alpha value is -2.22. The van der Waals surface area contributed by atoms with E-state index < -0.39 is 0 Å². The molecule has 2 aromatic rings. The lowest BCUT2D eigenvalue weighted by Crippen LogP contribution is -2.43. The predicted molar refractivity (Wildman–Crippen MR) is 94.6 cm³/mol. The number of carbonyl (C=O) groups excluding carboxylic acids is 1. The highest BCUT2D eigenvalue weighted by Crippen LogP contribution is 2.16. The fraction of sp³-hybridized carbons (Fsp3) is 0.667. The van der Waals surface area contributed by atoms with Crippen molar-refractivity contribution < 1.29 is 14.1 Å². The van der Waals surface area contributed by atoms with Gasteiger partial charge in [-0.1, -0.05) is 19.0 Å². The number of aryl methyl sites for hydroxylation is 1. The maximum atomic E-state index is 12.5. The van der Waals surface area contributed by atoms with Gasteiger partial charge in [-0.25, -0.2) is 0 Å². The molecular weight excluding hydrogens is 334 g/mol. The van der Waals surface area contributed by atoms with Crippen molar-refractivity contribution >= 4 is 5.91 Å². The van der Waals surface area contributed by atoms with Gasteiger partial charge in [0.25, 0.3) is 5.91 Å². The lowest BCUT2D eigenvalue weighted by atomic mass is 10.1. The van der Waals surface area contributed by atoms with Gasteiger partial charge >= 0.3 is 0 Å². The summed E-state index contributed by atoms with van der Waals surface area (Å²) < 4.78 is 12.8. The zero-order valence-electron chi connectivity index (χ0n) is 15.7. The topological polar surface area (TPSA) is 86.3 Å². The summed E-state index contributed by atoms with van der Waals surface area (Å²) in [7, 11) is 1.81. The van der Waals surface area contributed by atoms with E-state index in [-0.39, 0.29) is 12.0 Å². The van der Waals surface area contributed by atoms with Crippen molar-refractivity contribution in [2.24, 2.45) is 13.0 Å². The number of carbonyl (C=O) groups is 1. The summed E-state index contributed by atoms with van der Waals surface area (Å²) in [5.74, 6) is 1.82. The summed E-state index contributed by atoms with van der Waals surface area (Å²) in [6.07, 6.45) is 5.12. The van der Waals surface area contributed by atoms with Crippen molar-refractivity contribution in [3.63, 3.8) is 0 Å². The molecule has 0 radical (unpaired) electrons. The molecule has 1 aliphatic rings. The Kier molecular flexibility index (Phi) is 6.03. The first kappa shape index (κ1) is 18.6. The molecule has 0 N–H and O–H groups in total. The van der Waals surface area contributed by atoms with Gasteiger partial charge in [0.15, 0.2) is 5.82 Å². The Balaban J connectivity index is 1.45. The summed E-state index contributed by atoms with van der Waals surface area (Å²) in [5, 5.41) is 8.19. The molecule has 2 aromatic heterocycles. The van der Waals surface area contributed by atoms with Gasteiger partial charge in [0.1, 0.15) is 5.69 Å². The zero-order valence-corrected chi connectivity index (χ0v) is 15.7. The second kappa shape index (κ2) is 8.44. The monoisotopic (exact) mass is 361 g/mol. The van der Waals surface area contributed by atoms with Crippen molar-refractivity contribution in [3.05, 3.63) is 29.7 Å². The van der Waals surface area contributed by atoms with Crippen molar-refractivity contribution in [2.75, 3.05) is 19.7 Å². The number of likely N-dealkylation sites (tertiary alicyclic amines) is 1. The van der Waals surface area contributed by atoms with Gasteiger partial charge in [-0.2, -0.15) is 10.1 Å². The third kappa shape index (κ3) is 4.91. The first-order valence-electron chi connectivity index (χ1n) is 9.23. The molecule has 1 fully saturated rings. The quantitative estimate of drug-likeness (QED) is 0.748. The number of amides is 1. The van der Waals surface area contributed by atoms with Gasteiger partial charge in [0.05, 0.1) is 12.7 Å². The lowest BCUT2D eigenvalue weighted by molar-refractivity contribution is 0.00230. The number of rotatable bonds is 7. The van der Waals surface area contributed by atoms with E-state index in [1.165, 1.54) is 0 Å². The number of hydrogen-bond acceptors (Lipinski definition) is 6. The summed E-state index contributed by atoms with van der Waals surface area (Å²) in [6, 6.07) is 1.75. The summed E-state index contributed by atoms with van der Waals surface area (Å²) >= 11 is 0. The molecule has 1 amide bonds. The maximum absolute atomic E-state index is 12.5. The minimum absolute atomic E-state index is 0.0320. The Morgan fingerprint density at radius 1 is 1.46 bits per heavy atom. The van der Waals surface area contributed by atoms with Crippen LogP contribution in [-0.4, -0.2) is 56.5 Å². The van der Waals surface area contributed by atoms with Crippen LogP contribution in [0.5, 0.6) is 0 Å². The molecule has 142 valence electrons. The van der Waals surface area contributed by atoms with E-state index in [0.717, 1.165) is 25.8 Å². The fourth-order valence-electron chi connectivity index (χ4n) is 3.09. The van der Waals surface area contributed by atoms with Crippen LogP contribution >= 0.6 is 0 Å². The molecule has 3 heterocycles. The zero-order chi connectivity index (χ0) is 18.5. The molecule has 0 saturated carbocycles. The molecule has 1 saturated heterocycles. The second-order valence-corrected chi connectivity index (χ2v) is 7.21. The van der Waals surface area contributed by atoms with E-state index >= 15 is 0 Å². The molecule has 8 heteroatoms. The van der Waals surface area contributed by atoms with Crippen LogP contribution in [0.15, 0.2) is 16.8 Å². The average Bonchev–Trinajstić information content (AvgIpc) is 3.23. The Bertz CT molecular complexity index is 724. The molecule has 1 unspecified atom stereocenters. The minimum Gasteiger partial charge on any atom is -0.376 e. The number of hydrogen-bond donors (Lipinski definition) is 0. The van der Waals surface area contributed by atoms with Crippen LogP contribution in [0.25, 0.3) is 0 Å². The van der Waals surface area contributed by atoms with Gasteiger partial charge in [-0.3, -0.25) is 9.48 Å². The molecule has 0 aromatic carbocycles. The number of aromatic nitrogens is 4. The number of nitrogens with zero attached hydrogens (tertiary/aromatic N) is 5. The lowest BCUT2D eigenvalue weighted by Gasteiger charge is -2.32. The third-order valence-electron chi connectivity index (χ3n) is 4.37. The highest BCUT2D eigenvalue weighted by Gasteiger charge is 2.26. The molecule has 8 nitrogen and oxygen atoms in total. The number of ether oxygens (including phenoxy) is 1. The van der Waals surface area contributed by atoms with Gasteiger partial charge in [-0.05, 0) is 24.8 Å². The minimum atomic E-state index is -0.0320. The predicted octanol–water partition coefficient (Wildman–Crippen LogP) is 1.87. The summed E-state index contributed by atoms with van der Waals surface area (Å²) in [6.45, 7) is 6.11. The van der Waals surface area contributed by atoms with Crippen molar-refractivity contribution in [1.29, 1.82) is 0 Å². The third-order valence-corrected chi connectivity index (χ3v) is 4.37. The van der Waals surface area contributed by atoms with Gasteiger partial charge in [0, 0.05) is 39.2 Å². The van der Waals surface area contributed by atoms with Crippen LogP contribution < -0.4 is 0 Å². The SMILES string of the molecule is CC(C)Cc1nc(CCOC2CCCN(C(=O)c3ccn(C)n3)C2)no1. The summed E-state index contributed by atoms with van der Waals surface area (Å²) in [5.41, 5.74) is 0.484. The van der Waals surface area contributed by atoms with E-state index in [9.17, 15) is 4.79 Å². The van der Waals surface area contributed by atoms with Crippen LogP contribution in [0.4, 0.5) is 0 Å². The first-order chi connectivity index (χ1) is 12.5. The molecule has 3 rings (SSSR count). The van der Waals surface area contributed by atoms with Crippen LogP contribution in [0.3, 0.4) is 0 Å². The van der Waals surface area contributed by atoms with Gasteiger partial charge in [-0.15, -0.1) is 0 Å². The largest absolute Gasteiger partial charge is 0.376 e. The maximum Gasteiger partial charge on any atom is 0.274 e. The van der Waals surface area contributed by atoms with Crippen LogP contribution in [-0.2, 0) is 24.6 Å². The van der Waals surface area contributed by atoms with E-state index in [2.05, 4.69) is 29.1 Å². The summed E-state index contributed by atoms with van der Waals surface area (Å²) in [4.78, 5) is 18.7. The van der Waals surface area contributed by atoms with E-state index in [0.29, 0.717) is 42.9 Å². The van der Waals surface area contributed by atoms with Crippen LogP contribution in [0.1, 0.15) is 48.9 Å². The Morgan fingerprint density at radius 2 is 2.31 bits per heavy atom. The average molecular weight is 361 g/mol. The molecule has 26 heavy (non-hydrogen) atoms. The molecular formula is C18H27N5O3. The van der Waals surface area contributed by atoms with Crippen LogP contribution in [0.2, 0.25) is 0 Å². The highest BCUT2D eigenvalue weighted by atomic mass is 16.5. The van der Waals surface area contributed by atoms with E-state index in [4.69, 9.17) is 9.26 Å². The number of piperidine rings is 1. The second-order valence-electron chi connectivity index (χ2n) is 7.21. The normalized spacial score (nSPS) is 17.8. The fourth-order valence-corrected chi connectivity index (χ4v) is 3.09. The Morgan fingerprint density at radius 3 is 3.04 bits per heavy atom. The van der Waals surface area contributed by atoms with Crippen molar-refractivity contribution in [1.82, 2.24) is 24.8 Å². The Labute approximate surface area is 153 Å². The standard InChI is InChI=1S/C18H27N5O3/c1-13(2)11-17-19-16(21-26-17)7-10-25-14-5-4-8-23(12-14)18(24)15-6-9-22(3)20-15/h6,9,13-14H,4-5,7-8,10-12H2,1-3H3. The van der Waals surface area contributed by atoms with E-state index in [1.54, 1.807) is 16.9 Å². The molecule has 1 atom stereocenters. The van der Waals surface area contributed by atoms with Crippen molar-refractivity contribution in [2.45, 2.75) is 45.6 Å². The van der Waals surface area contributed by atoms with Gasteiger partial charge < -0.3 is 14.2 Å². The van der Waals surface area contributed by atoms with Crippen molar-refractivity contribution in [3.8, 4) is 0 Å². The van der Waals surface area contributed by atoms with E-state index in [1.807, 2.05) is 11.9 Å². The highest BCUT2D eigenvalue weighted by molar-refractivity contribution is 5.92. The smallest absolute Gasteiger partial charge is 0.274 e. The molecule has 0 aliphatic carbocycles. The first-order valence-corrected chi connectivity index (χ1v) is 9.23. The molecule has 0 spiro atoms. The van der Waals surface area contributed by atoms with Crippen LogP contribution in [0, 0.1) is 5.92 Å². The molecule has 1 aliphatic heterocycles. The van der Waals surface area contributed by atoms with Gasteiger partial charge in [0.2, 0.25) is 5.89 Å². The molecule has 0 bridgehead atoms.